The van der Waals surface area contributed by atoms with Gasteiger partial charge in [-0.25, -0.2) is 0 Å². The van der Waals surface area contributed by atoms with Crippen LogP contribution < -0.4 is 31.0 Å². The standard InChI is InChI=1S/C15H16IO2.C2HF3O2/c1-18-14-7-8-15(12(11-14)9-10-17)16-13-5-3-2-4-6-13;3-2(4,5)1(6)7/h2-8,11,17H,9-10H2,1H3;(H,6,7)/q+1;/p-1. The Morgan fingerprint density at radius 3 is 2.28 bits per heavy atom. The van der Waals surface area contributed by atoms with Crippen molar-refractivity contribution < 1.29 is 54.1 Å². The number of hydrogen-bond acceptors (Lipinski definition) is 4. The largest absolute Gasteiger partial charge is 0.542 e. The first-order valence-electron chi connectivity index (χ1n) is 7.03. The summed E-state index contributed by atoms with van der Waals surface area (Å²) < 4.78 is 39.5. The van der Waals surface area contributed by atoms with Gasteiger partial charge in [0.1, 0.15) is 11.7 Å². The van der Waals surface area contributed by atoms with Crippen molar-refractivity contribution in [1.82, 2.24) is 0 Å². The highest BCUT2D eigenvalue weighted by Gasteiger charge is 2.28. The summed E-state index contributed by atoms with van der Waals surface area (Å²) >= 11 is -0.190. The molecule has 0 unspecified atom stereocenters. The average Bonchev–Trinajstić information content (AvgIpc) is 2.57. The molecule has 8 heteroatoms. The fraction of sp³-hybridized carbons (Fsp3) is 0.235. The number of rotatable bonds is 5. The Morgan fingerprint density at radius 1 is 1.20 bits per heavy atom. The molecule has 2 rings (SSSR count). The second kappa shape index (κ2) is 10.2. The van der Waals surface area contributed by atoms with Gasteiger partial charge in [-0.05, 0) is 30.3 Å². The molecule has 0 fully saturated rings. The minimum absolute atomic E-state index is 0.179. The summed E-state index contributed by atoms with van der Waals surface area (Å²) in [4.78, 5) is 8.78. The van der Waals surface area contributed by atoms with Crippen molar-refractivity contribution in [2.24, 2.45) is 0 Å². The van der Waals surface area contributed by atoms with Gasteiger partial charge in [-0.1, -0.05) is 18.2 Å². The number of hydrogen-bond donors (Lipinski definition) is 1. The second-order valence-electron chi connectivity index (χ2n) is 4.61. The molecule has 0 aromatic heterocycles. The molecule has 0 saturated heterocycles. The predicted octanol–water partition coefficient (Wildman–Crippen LogP) is -1.34. The van der Waals surface area contributed by atoms with Gasteiger partial charge in [-0.2, -0.15) is 13.2 Å². The zero-order valence-electron chi connectivity index (χ0n) is 13.2. The monoisotopic (exact) mass is 468 g/mol. The summed E-state index contributed by atoms with van der Waals surface area (Å²) in [5.74, 6) is -2.15. The van der Waals surface area contributed by atoms with Crippen LogP contribution in [0.2, 0.25) is 0 Å². The molecule has 1 N–H and O–H groups in total. The summed E-state index contributed by atoms with van der Waals surface area (Å²) in [7, 11) is 1.67. The molecule has 4 nitrogen and oxygen atoms in total. The number of carboxylic acid groups (broad SMARTS) is 1. The van der Waals surface area contributed by atoms with E-state index < -0.39 is 12.1 Å². The Bertz CT molecular complexity index is 675. The van der Waals surface area contributed by atoms with E-state index in [0.29, 0.717) is 6.42 Å². The van der Waals surface area contributed by atoms with Crippen LogP contribution in [0, 0.1) is 7.14 Å². The van der Waals surface area contributed by atoms with Crippen LogP contribution in [0.15, 0.2) is 48.5 Å². The summed E-state index contributed by atoms with van der Waals surface area (Å²) in [6.45, 7) is 0.179. The topological polar surface area (TPSA) is 69.6 Å². The fourth-order valence-corrected chi connectivity index (χ4v) is 4.25. The van der Waals surface area contributed by atoms with E-state index in [-0.39, 0.29) is 27.8 Å². The number of benzene rings is 2. The summed E-state index contributed by atoms with van der Waals surface area (Å²) in [5, 5.41) is 17.9. The molecule has 2 aromatic rings. The van der Waals surface area contributed by atoms with Crippen molar-refractivity contribution in [3.05, 3.63) is 61.2 Å². The molecule has 0 aliphatic carbocycles. The SMILES string of the molecule is COc1ccc([I+]c2ccccc2)c(CCO)c1.O=C([O-])C(F)(F)F. The number of carbonyl (C=O) groups is 1. The quantitative estimate of drug-likeness (QED) is 0.552. The molecule has 0 bridgehead atoms. The molecule has 0 aliphatic heterocycles. The van der Waals surface area contributed by atoms with Gasteiger partial charge in [-0.15, -0.1) is 0 Å². The normalized spacial score (nSPS) is 10.6. The van der Waals surface area contributed by atoms with Crippen LogP contribution in [-0.2, 0) is 11.2 Å². The Hall–Kier alpha value is -1.81. The van der Waals surface area contributed by atoms with Crippen LogP contribution in [0.25, 0.3) is 0 Å². The molecule has 0 heterocycles. The lowest BCUT2D eigenvalue weighted by Crippen LogP contribution is -3.61. The van der Waals surface area contributed by atoms with Gasteiger partial charge in [0.25, 0.3) is 0 Å². The van der Waals surface area contributed by atoms with Gasteiger partial charge in [-0.3, -0.25) is 0 Å². The van der Waals surface area contributed by atoms with Gasteiger partial charge < -0.3 is 19.7 Å². The number of methoxy groups -OCH3 is 1. The molecule has 0 atom stereocenters. The number of aliphatic carboxylic acids is 1. The number of carboxylic acids is 1. The lowest BCUT2D eigenvalue weighted by molar-refractivity contribution is -0.598. The molecule has 136 valence electrons. The smallest absolute Gasteiger partial charge is 0.430 e. The third kappa shape index (κ3) is 7.74. The van der Waals surface area contributed by atoms with E-state index in [9.17, 15) is 13.2 Å². The number of halogens is 4. The molecule has 25 heavy (non-hydrogen) atoms. The van der Waals surface area contributed by atoms with E-state index in [1.807, 2.05) is 18.2 Å². The van der Waals surface area contributed by atoms with Crippen LogP contribution in [0.4, 0.5) is 13.2 Å². The van der Waals surface area contributed by atoms with Crippen molar-refractivity contribution in [3.8, 4) is 5.75 Å². The van der Waals surface area contributed by atoms with E-state index in [1.165, 1.54) is 12.7 Å². The first-order chi connectivity index (χ1) is 11.8. The number of ether oxygens (including phenoxy) is 1. The first-order valence-corrected chi connectivity index (χ1v) is 9.19. The highest BCUT2D eigenvalue weighted by Crippen LogP contribution is 2.13. The van der Waals surface area contributed by atoms with Gasteiger partial charge in [0.2, 0.25) is 0 Å². The third-order valence-corrected chi connectivity index (χ3v) is 5.78. The lowest BCUT2D eigenvalue weighted by Gasteiger charge is -2.03. The minimum Gasteiger partial charge on any atom is -0.542 e. The summed E-state index contributed by atoms with van der Waals surface area (Å²) in [6, 6.07) is 16.7. The van der Waals surface area contributed by atoms with E-state index in [2.05, 4.69) is 30.3 Å². The summed E-state index contributed by atoms with van der Waals surface area (Å²) in [6.07, 6.45) is -4.50. The van der Waals surface area contributed by atoms with E-state index >= 15 is 0 Å². The zero-order valence-corrected chi connectivity index (χ0v) is 15.4. The van der Waals surface area contributed by atoms with Gasteiger partial charge in [0, 0.05) is 18.6 Å². The Kier molecular flexibility index (Phi) is 8.70. The van der Waals surface area contributed by atoms with Gasteiger partial charge in [0.05, 0.1) is 7.11 Å². The Morgan fingerprint density at radius 2 is 1.80 bits per heavy atom. The third-order valence-electron chi connectivity index (χ3n) is 2.81. The van der Waals surface area contributed by atoms with E-state index in [1.54, 1.807) is 7.11 Å². The Balaban J connectivity index is 0.000000381. The van der Waals surface area contributed by atoms with E-state index in [4.69, 9.17) is 19.7 Å². The maximum absolute atomic E-state index is 10.5. The number of aliphatic hydroxyl groups excluding tert-OH is 1. The minimum atomic E-state index is -5.19. The van der Waals surface area contributed by atoms with Crippen LogP contribution >= 0.6 is 0 Å². The van der Waals surface area contributed by atoms with Crippen molar-refractivity contribution in [2.45, 2.75) is 12.6 Å². The van der Waals surface area contributed by atoms with Crippen LogP contribution in [0.1, 0.15) is 5.56 Å². The number of alkyl halides is 3. The molecule has 0 saturated carbocycles. The maximum Gasteiger partial charge on any atom is 0.430 e. The van der Waals surface area contributed by atoms with Crippen LogP contribution in [0.3, 0.4) is 0 Å². The average molecular weight is 468 g/mol. The van der Waals surface area contributed by atoms with Gasteiger partial charge in [0.15, 0.2) is 7.14 Å². The van der Waals surface area contributed by atoms with Crippen LogP contribution in [-0.4, -0.2) is 31.0 Å². The maximum atomic E-state index is 10.5. The second-order valence-corrected chi connectivity index (χ2v) is 7.55. The highest BCUT2D eigenvalue weighted by atomic mass is 127. The molecule has 0 amide bonds. The molecule has 2 aromatic carbocycles. The fourth-order valence-electron chi connectivity index (χ4n) is 1.68. The van der Waals surface area contributed by atoms with Gasteiger partial charge >= 0.3 is 27.4 Å². The predicted molar refractivity (Wildman–Crippen MR) is 78.7 cm³/mol. The number of carbonyl (C=O) groups excluding carboxylic acids is 1. The first kappa shape index (κ1) is 21.2. The summed E-state index contributed by atoms with van der Waals surface area (Å²) in [5.41, 5.74) is 1.20. The van der Waals surface area contributed by atoms with Crippen molar-refractivity contribution >= 4 is 5.97 Å². The molecular weight excluding hydrogens is 452 g/mol. The van der Waals surface area contributed by atoms with E-state index in [0.717, 1.165) is 5.75 Å². The van der Waals surface area contributed by atoms with Crippen LogP contribution in [0.5, 0.6) is 5.75 Å². The number of aliphatic hydroxyl groups is 1. The molecule has 0 aliphatic rings. The van der Waals surface area contributed by atoms with Crippen molar-refractivity contribution in [3.63, 3.8) is 0 Å². The highest BCUT2D eigenvalue weighted by molar-refractivity contribution is 5.70. The lowest BCUT2D eigenvalue weighted by atomic mass is 10.1. The zero-order chi connectivity index (χ0) is 18.9. The van der Waals surface area contributed by atoms with Crippen molar-refractivity contribution in [2.75, 3.05) is 13.7 Å². The Labute approximate surface area is 153 Å². The van der Waals surface area contributed by atoms with Crippen molar-refractivity contribution in [1.29, 1.82) is 0 Å². The molecule has 0 radical (unpaired) electrons. The molecule has 0 spiro atoms. The molecular formula is C17H16F3IO4.